The molecule has 0 saturated carbocycles. The van der Waals surface area contributed by atoms with Gasteiger partial charge in [-0.25, -0.2) is 0 Å². The van der Waals surface area contributed by atoms with Gasteiger partial charge < -0.3 is 5.32 Å². The smallest absolute Gasteiger partial charge is 0.0417 e. The lowest BCUT2D eigenvalue weighted by molar-refractivity contribution is 0.578. The third-order valence-corrected chi connectivity index (χ3v) is 5.56. The summed E-state index contributed by atoms with van der Waals surface area (Å²) in [6.07, 6.45) is 0. The van der Waals surface area contributed by atoms with Crippen molar-refractivity contribution < 1.29 is 0 Å². The number of rotatable bonds is 3. The van der Waals surface area contributed by atoms with Gasteiger partial charge in [-0.3, -0.25) is 0 Å². The molecule has 0 amide bonds. The van der Waals surface area contributed by atoms with Crippen molar-refractivity contribution in [3.05, 3.63) is 57.3 Å². The largest absolute Gasteiger partial charge is 0.304 e. The van der Waals surface area contributed by atoms with E-state index in [-0.39, 0.29) is 0 Å². The fourth-order valence-electron chi connectivity index (χ4n) is 2.35. The first-order chi connectivity index (χ1) is 8.84. The summed E-state index contributed by atoms with van der Waals surface area (Å²) in [4.78, 5) is 1.46. The lowest BCUT2D eigenvalue weighted by Gasteiger charge is -2.26. The van der Waals surface area contributed by atoms with Crippen LogP contribution in [0.15, 0.2) is 35.7 Å². The molecule has 3 rings (SSSR count). The molecule has 0 bridgehead atoms. The molecule has 1 N–H and O–H groups in total. The summed E-state index contributed by atoms with van der Waals surface area (Å²) < 4.78 is 0. The zero-order valence-corrected chi connectivity index (χ0v) is 12.1. The Kier molecular flexibility index (Phi) is 3.73. The first kappa shape index (κ1) is 12.3. The van der Waals surface area contributed by atoms with Crippen molar-refractivity contribution in [2.24, 2.45) is 0 Å². The van der Waals surface area contributed by atoms with Crippen LogP contribution in [0.4, 0.5) is 0 Å². The Hall–Kier alpha value is -0.770. The lowest BCUT2D eigenvalue weighted by atomic mass is 10.0. The topological polar surface area (TPSA) is 12.0 Å². The molecule has 3 heteroatoms. The van der Waals surface area contributed by atoms with E-state index in [4.69, 9.17) is 0 Å². The number of aryl methyl sites for hydroxylation is 1. The van der Waals surface area contributed by atoms with E-state index in [9.17, 15) is 0 Å². The predicted octanol–water partition coefficient (Wildman–Crippen LogP) is 4.13. The van der Waals surface area contributed by atoms with Crippen LogP contribution in [0.2, 0.25) is 0 Å². The molecule has 1 atom stereocenters. The monoisotopic (exact) mass is 275 g/mol. The van der Waals surface area contributed by atoms with Gasteiger partial charge in [-0.1, -0.05) is 24.3 Å². The van der Waals surface area contributed by atoms with Crippen molar-refractivity contribution in [2.45, 2.75) is 25.3 Å². The third kappa shape index (κ3) is 2.48. The predicted molar refractivity (Wildman–Crippen MR) is 81.2 cm³/mol. The Balaban J connectivity index is 1.73. The average molecular weight is 275 g/mol. The molecule has 1 nitrogen and oxygen atoms in total. The second-order valence-electron chi connectivity index (χ2n) is 4.67. The number of hydrogen-bond acceptors (Lipinski definition) is 3. The van der Waals surface area contributed by atoms with Gasteiger partial charge in [-0.15, -0.1) is 11.3 Å². The second kappa shape index (κ2) is 5.47. The minimum Gasteiger partial charge on any atom is -0.304 e. The molecule has 1 aromatic carbocycles. The lowest BCUT2D eigenvalue weighted by Crippen LogP contribution is -2.26. The summed E-state index contributed by atoms with van der Waals surface area (Å²) in [5, 5.41) is 5.89. The maximum Gasteiger partial charge on any atom is 0.0417 e. The van der Waals surface area contributed by atoms with Crippen molar-refractivity contribution in [1.29, 1.82) is 0 Å². The highest BCUT2D eigenvalue weighted by Gasteiger charge is 2.19. The fourth-order valence-corrected chi connectivity index (χ4v) is 4.34. The van der Waals surface area contributed by atoms with Crippen LogP contribution in [0.25, 0.3) is 0 Å². The van der Waals surface area contributed by atoms with E-state index in [1.165, 1.54) is 27.3 Å². The SMILES string of the molecule is Cc1ccsc1CNC1CSCc2ccccc21. The molecule has 1 aromatic heterocycles. The second-order valence-corrected chi connectivity index (χ2v) is 6.71. The molecule has 0 fully saturated rings. The Labute approximate surface area is 117 Å². The van der Waals surface area contributed by atoms with E-state index < -0.39 is 0 Å². The maximum absolute atomic E-state index is 3.71. The zero-order chi connectivity index (χ0) is 12.4. The molecular formula is C15H17NS2. The number of fused-ring (bicyclic) bond motifs is 1. The van der Waals surface area contributed by atoms with Crippen LogP contribution in [0.5, 0.6) is 0 Å². The van der Waals surface area contributed by atoms with Crippen LogP contribution >= 0.6 is 23.1 Å². The molecule has 0 saturated heterocycles. The Bertz CT molecular complexity index is 533. The quantitative estimate of drug-likeness (QED) is 0.903. The first-order valence-corrected chi connectivity index (χ1v) is 8.30. The molecule has 1 aliphatic heterocycles. The highest BCUT2D eigenvalue weighted by molar-refractivity contribution is 7.98. The molecule has 94 valence electrons. The van der Waals surface area contributed by atoms with Gasteiger partial charge in [0.1, 0.15) is 0 Å². The van der Waals surface area contributed by atoms with Gasteiger partial charge in [0.25, 0.3) is 0 Å². The summed E-state index contributed by atoms with van der Waals surface area (Å²) in [5.74, 6) is 2.34. The van der Waals surface area contributed by atoms with Gasteiger partial charge in [0, 0.05) is 29.0 Å². The van der Waals surface area contributed by atoms with Crippen LogP contribution in [-0.4, -0.2) is 5.75 Å². The Morgan fingerprint density at radius 2 is 2.17 bits per heavy atom. The summed E-state index contributed by atoms with van der Waals surface area (Å²) in [5.41, 5.74) is 4.39. The Morgan fingerprint density at radius 1 is 1.28 bits per heavy atom. The van der Waals surface area contributed by atoms with Crippen molar-refractivity contribution in [2.75, 3.05) is 5.75 Å². The van der Waals surface area contributed by atoms with Gasteiger partial charge >= 0.3 is 0 Å². The fraction of sp³-hybridized carbons (Fsp3) is 0.333. The van der Waals surface area contributed by atoms with Gasteiger partial charge in [-0.2, -0.15) is 11.8 Å². The summed E-state index contributed by atoms with van der Waals surface area (Å²) in [6, 6.07) is 11.5. The molecular weight excluding hydrogens is 258 g/mol. The van der Waals surface area contributed by atoms with E-state index in [1.807, 2.05) is 23.1 Å². The van der Waals surface area contributed by atoms with E-state index in [1.54, 1.807) is 0 Å². The normalized spacial score (nSPS) is 18.6. The zero-order valence-electron chi connectivity index (χ0n) is 10.5. The number of thiophene rings is 1. The van der Waals surface area contributed by atoms with Gasteiger partial charge in [0.2, 0.25) is 0 Å². The minimum atomic E-state index is 0.501. The number of hydrogen-bond donors (Lipinski definition) is 1. The molecule has 1 unspecified atom stereocenters. The third-order valence-electron chi connectivity index (χ3n) is 3.45. The summed E-state index contributed by atoms with van der Waals surface area (Å²) in [7, 11) is 0. The molecule has 0 radical (unpaired) electrons. The first-order valence-electron chi connectivity index (χ1n) is 6.26. The minimum absolute atomic E-state index is 0.501. The van der Waals surface area contributed by atoms with Crippen molar-refractivity contribution in [3.8, 4) is 0 Å². The van der Waals surface area contributed by atoms with Gasteiger partial charge in [0.05, 0.1) is 0 Å². The highest BCUT2D eigenvalue weighted by Crippen LogP contribution is 2.31. The van der Waals surface area contributed by atoms with Crippen molar-refractivity contribution in [3.63, 3.8) is 0 Å². The average Bonchev–Trinajstić information content (AvgIpc) is 2.82. The van der Waals surface area contributed by atoms with Gasteiger partial charge in [0.15, 0.2) is 0 Å². The molecule has 0 spiro atoms. The van der Waals surface area contributed by atoms with Crippen LogP contribution in [-0.2, 0) is 12.3 Å². The molecule has 2 aromatic rings. The molecule has 1 aliphatic rings. The summed E-state index contributed by atoms with van der Waals surface area (Å²) in [6.45, 7) is 3.18. The standard InChI is InChI=1S/C15H17NS2/c1-11-6-7-18-15(11)8-16-14-10-17-9-12-4-2-3-5-13(12)14/h2-7,14,16H,8-10H2,1H3. The van der Waals surface area contributed by atoms with Crippen LogP contribution in [0.3, 0.4) is 0 Å². The van der Waals surface area contributed by atoms with E-state index >= 15 is 0 Å². The van der Waals surface area contributed by atoms with E-state index in [2.05, 4.69) is 48.0 Å². The molecule has 18 heavy (non-hydrogen) atoms. The van der Waals surface area contributed by atoms with Crippen LogP contribution < -0.4 is 5.32 Å². The van der Waals surface area contributed by atoms with E-state index in [0.717, 1.165) is 12.3 Å². The summed E-state index contributed by atoms with van der Waals surface area (Å²) >= 11 is 3.88. The van der Waals surface area contributed by atoms with Crippen LogP contribution in [0.1, 0.15) is 27.6 Å². The van der Waals surface area contributed by atoms with Crippen LogP contribution in [0, 0.1) is 6.92 Å². The van der Waals surface area contributed by atoms with E-state index in [0.29, 0.717) is 6.04 Å². The van der Waals surface area contributed by atoms with Crippen molar-refractivity contribution in [1.82, 2.24) is 5.32 Å². The Morgan fingerprint density at radius 3 is 3.00 bits per heavy atom. The number of nitrogens with one attached hydrogen (secondary N) is 1. The number of thioether (sulfide) groups is 1. The number of benzene rings is 1. The highest BCUT2D eigenvalue weighted by atomic mass is 32.2. The van der Waals surface area contributed by atoms with Gasteiger partial charge in [-0.05, 0) is 35.1 Å². The maximum atomic E-state index is 3.71. The molecule has 2 heterocycles. The van der Waals surface area contributed by atoms with Crippen molar-refractivity contribution >= 4 is 23.1 Å². The molecule has 0 aliphatic carbocycles.